The highest BCUT2D eigenvalue weighted by molar-refractivity contribution is 4.87. The van der Waals surface area contributed by atoms with Gasteiger partial charge in [-0.3, -0.25) is 0 Å². The third kappa shape index (κ3) is 3.41. The van der Waals surface area contributed by atoms with Crippen molar-refractivity contribution in [2.75, 3.05) is 46.6 Å². The molecule has 2 fully saturated rings. The van der Waals surface area contributed by atoms with Crippen LogP contribution in [0.4, 0.5) is 0 Å². The summed E-state index contributed by atoms with van der Waals surface area (Å²) in [7, 11) is 2.24. The molecule has 0 aliphatic carbocycles. The van der Waals surface area contributed by atoms with Crippen LogP contribution in [0.1, 0.15) is 25.7 Å². The van der Waals surface area contributed by atoms with Crippen LogP contribution in [0.15, 0.2) is 0 Å². The zero-order valence-electron chi connectivity index (χ0n) is 11.0. The van der Waals surface area contributed by atoms with Crippen LogP contribution in [0.3, 0.4) is 0 Å². The van der Waals surface area contributed by atoms with Gasteiger partial charge in [0.15, 0.2) is 0 Å². The molecule has 100 valence electrons. The Labute approximate surface area is 104 Å². The minimum Gasteiger partial charge on any atom is -0.381 e. The Hall–Kier alpha value is -0.160. The lowest BCUT2D eigenvalue weighted by Crippen LogP contribution is -2.48. The van der Waals surface area contributed by atoms with Gasteiger partial charge in [-0.1, -0.05) is 0 Å². The molecule has 2 N–H and O–H groups in total. The summed E-state index contributed by atoms with van der Waals surface area (Å²) in [4.78, 5) is 2.50. The summed E-state index contributed by atoms with van der Waals surface area (Å²) in [5.41, 5.74) is 6.29. The highest BCUT2D eigenvalue weighted by atomic mass is 16.5. The molecule has 0 aromatic carbocycles. The van der Waals surface area contributed by atoms with E-state index in [1.54, 1.807) is 0 Å². The molecule has 4 nitrogen and oxygen atoms in total. The fraction of sp³-hybridized carbons (Fsp3) is 1.00. The smallest absolute Gasteiger partial charge is 0.0480 e. The Balaban J connectivity index is 1.88. The average molecular weight is 242 g/mol. The molecule has 2 aliphatic rings. The summed E-state index contributed by atoms with van der Waals surface area (Å²) < 4.78 is 10.9. The van der Waals surface area contributed by atoms with Gasteiger partial charge < -0.3 is 20.1 Å². The number of rotatable bonds is 4. The van der Waals surface area contributed by atoms with E-state index in [1.807, 2.05) is 0 Å². The van der Waals surface area contributed by atoms with Crippen LogP contribution < -0.4 is 5.73 Å². The van der Waals surface area contributed by atoms with Crippen LogP contribution >= 0.6 is 0 Å². The largest absolute Gasteiger partial charge is 0.381 e. The van der Waals surface area contributed by atoms with E-state index >= 15 is 0 Å². The molecule has 0 spiro atoms. The second-order valence-corrected chi connectivity index (χ2v) is 5.58. The van der Waals surface area contributed by atoms with E-state index in [0.29, 0.717) is 6.04 Å². The molecular formula is C13H26N2O2. The van der Waals surface area contributed by atoms with E-state index < -0.39 is 0 Å². The van der Waals surface area contributed by atoms with Crippen LogP contribution in [0.25, 0.3) is 0 Å². The minimum absolute atomic E-state index is 0.283. The Kier molecular flexibility index (Phi) is 4.79. The van der Waals surface area contributed by atoms with Crippen molar-refractivity contribution in [1.29, 1.82) is 0 Å². The molecule has 2 saturated heterocycles. The highest BCUT2D eigenvalue weighted by Crippen LogP contribution is 2.31. The van der Waals surface area contributed by atoms with Crippen molar-refractivity contribution in [2.45, 2.75) is 31.7 Å². The molecule has 17 heavy (non-hydrogen) atoms. The zero-order chi connectivity index (χ0) is 12.1. The van der Waals surface area contributed by atoms with Gasteiger partial charge in [-0.2, -0.15) is 0 Å². The van der Waals surface area contributed by atoms with Crippen LogP contribution in [0, 0.1) is 5.41 Å². The van der Waals surface area contributed by atoms with Crippen LogP contribution in [0.5, 0.6) is 0 Å². The fourth-order valence-corrected chi connectivity index (χ4v) is 3.02. The first-order chi connectivity index (χ1) is 8.26. The average Bonchev–Trinajstić information content (AvgIpc) is 2.41. The lowest BCUT2D eigenvalue weighted by atomic mass is 9.79. The van der Waals surface area contributed by atoms with E-state index in [-0.39, 0.29) is 5.41 Å². The van der Waals surface area contributed by atoms with Crippen molar-refractivity contribution < 1.29 is 9.47 Å². The first-order valence-corrected chi connectivity index (χ1v) is 6.82. The van der Waals surface area contributed by atoms with Gasteiger partial charge in [0.25, 0.3) is 0 Å². The first-order valence-electron chi connectivity index (χ1n) is 6.82. The van der Waals surface area contributed by atoms with Gasteiger partial charge in [-0.15, -0.1) is 0 Å². The van der Waals surface area contributed by atoms with Crippen molar-refractivity contribution in [1.82, 2.24) is 4.90 Å². The van der Waals surface area contributed by atoms with Crippen molar-refractivity contribution >= 4 is 0 Å². The maximum Gasteiger partial charge on any atom is 0.0480 e. The van der Waals surface area contributed by atoms with Gasteiger partial charge in [0.1, 0.15) is 0 Å². The highest BCUT2D eigenvalue weighted by Gasteiger charge is 2.34. The van der Waals surface area contributed by atoms with Crippen molar-refractivity contribution in [3.05, 3.63) is 0 Å². The standard InChI is InChI=1S/C13H26N2O2/c1-15(12-2-6-16-7-3-12)11-13(10-14)4-8-17-9-5-13/h12H,2-11,14H2,1H3. The maximum absolute atomic E-state index is 6.01. The topological polar surface area (TPSA) is 47.7 Å². The van der Waals surface area contributed by atoms with E-state index in [0.717, 1.165) is 65.2 Å². The summed E-state index contributed by atoms with van der Waals surface area (Å²) in [6.07, 6.45) is 4.54. The minimum atomic E-state index is 0.283. The lowest BCUT2D eigenvalue weighted by molar-refractivity contribution is -0.0174. The van der Waals surface area contributed by atoms with Crippen LogP contribution in [-0.2, 0) is 9.47 Å². The lowest BCUT2D eigenvalue weighted by Gasteiger charge is -2.42. The van der Waals surface area contributed by atoms with Gasteiger partial charge in [-0.25, -0.2) is 0 Å². The quantitative estimate of drug-likeness (QED) is 0.794. The molecule has 2 aliphatic heterocycles. The van der Waals surface area contributed by atoms with Crippen molar-refractivity contribution in [3.8, 4) is 0 Å². The number of ether oxygens (including phenoxy) is 2. The molecule has 0 aromatic rings. The summed E-state index contributed by atoms with van der Waals surface area (Å²) in [6, 6.07) is 0.676. The Bertz CT molecular complexity index is 223. The third-order valence-corrected chi connectivity index (χ3v) is 4.39. The predicted octanol–water partition coefficient (Wildman–Crippen LogP) is 0.853. The molecule has 0 unspecified atom stereocenters. The maximum atomic E-state index is 6.01. The Morgan fingerprint density at radius 2 is 1.71 bits per heavy atom. The van der Waals surface area contributed by atoms with Crippen molar-refractivity contribution in [2.24, 2.45) is 11.1 Å². The van der Waals surface area contributed by atoms with E-state index in [1.165, 1.54) is 0 Å². The fourth-order valence-electron chi connectivity index (χ4n) is 3.02. The molecule has 2 heterocycles. The molecule has 0 radical (unpaired) electrons. The van der Waals surface area contributed by atoms with Gasteiger partial charge in [-0.05, 0) is 44.7 Å². The summed E-state index contributed by atoms with van der Waals surface area (Å²) in [5, 5.41) is 0. The summed E-state index contributed by atoms with van der Waals surface area (Å²) in [5.74, 6) is 0. The third-order valence-electron chi connectivity index (χ3n) is 4.39. The van der Waals surface area contributed by atoms with Gasteiger partial charge >= 0.3 is 0 Å². The summed E-state index contributed by atoms with van der Waals surface area (Å²) >= 11 is 0. The van der Waals surface area contributed by atoms with Crippen molar-refractivity contribution in [3.63, 3.8) is 0 Å². The Morgan fingerprint density at radius 3 is 2.29 bits per heavy atom. The SMILES string of the molecule is CN(CC1(CN)CCOCC1)C1CCOCC1. The zero-order valence-corrected chi connectivity index (χ0v) is 11.0. The molecule has 0 aromatic heterocycles. The molecule has 0 bridgehead atoms. The number of hydrogen-bond donors (Lipinski definition) is 1. The molecule has 0 amide bonds. The molecule has 4 heteroatoms. The molecule has 0 atom stereocenters. The van der Waals surface area contributed by atoms with Crippen LogP contribution in [0.2, 0.25) is 0 Å². The second-order valence-electron chi connectivity index (χ2n) is 5.58. The molecule has 2 rings (SSSR count). The molecule has 0 saturated carbocycles. The second kappa shape index (κ2) is 6.14. The van der Waals surface area contributed by atoms with Crippen LogP contribution in [-0.4, -0.2) is 57.5 Å². The Morgan fingerprint density at radius 1 is 1.12 bits per heavy atom. The first kappa shape index (κ1) is 13.3. The normalized spacial score (nSPS) is 26.3. The van der Waals surface area contributed by atoms with E-state index in [2.05, 4.69) is 11.9 Å². The number of nitrogens with two attached hydrogens (primary N) is 1. The number of nitrogens with zero attached hydrogens (tertiary/aromatic N) is 1. The number of hydrogen-bond acceptors (Lipinski definition) is 4. The van der Waals surface area contributed by atoms with Gasteiger partial charge in [0, 0.05) is 39.0 Å². The van der Waals surface area contributed by atoms with E-state index in [4.69, 9.17) is 15.2 Å². The van der Waals surface area contributed by atoms with Gasteiger partial charge in [0.2, 0.25) is 0 Å². The van der Waals surface area contributed by atoms with Gasteiger partial charge in [0.05, 0.1) is 0 Å². The summed E-state index contributed by atoms with van der Waals surface area (Å²) in [6.45, 7) is 5.46. The van der Waals surface area contributed by atoms with E-state index in [9.17, 15) is 0 Å². The molecular weight excluding hydrogens is 216 g/mol. The monoisotopic (exact) mass is 242 g/mol. The predicted molar refractivity (Wildman–Crippen MR) is 68.0 cm³/mol.